The van der Waals surface area contributed by atoms with Crippen molar-refractivity contribution in [1.82, 2.24) is 0 Å². The number of esters is 4. The van der Waals surface area contributed by atoms with Gasteiger partial charge >= 0.3 is 39.5 Å². The minimum absolute atomic E-state index is 0.0603. The summed E-state index contributed by atoms with van der Waals surface area (Å²) in [6.07, 6.45) is 82.9. The third kappa shape index (κ3) is 73.5. The van der Waals surface area contributed by atoms with Crippen molar-refractivity contribution < 1.29 is 80.2 Å². The Morgan fingerprint density at radius 1 is 0.284 bits per heavy atom. The molecule has 584 valence electrons. The van der Waals surface area contributed by atoms with E-state index in [1.165, 1.54) is 38.5 Å². The fraction of sp³-hybridized carbons (Fsp3) is 0.687. The Morgan fingerprint density at radius 3 is 0.784 bits per heavy atom. The molecule has 0 aliphatic heterocycles. The molecule has 0 fully saturated rings. The number of carbonyl (C=O) groups excluding carboxylic acids is 4. The molecule has 5 unspecified atom stereocenters. The van der Waals surface area contributed by atoms with Crippen LogP contribution in [-0.4, -0.2) is 96.7 Å². The first-order valence-electron chi connectivity index (χ1n) is 39.4. The third-order valence-corrected chi connectivity index (χ3v) is 18.0. The van der Waals surface area contributed by atoms with Gasteiger partial charge in [0, 0.05) is 25.7 Å². The zero-order valence-electron chi connectivity index (χ0n) is 63.7. The van der Waals surface area contributed by atoms with E-state index in [0.29, 0.717) is 25.7 Å². The van der Waals surface area contributed by atoms with Crippen molar-refractivity contribution >= 4 is 39.5 Å². The molecule has 3 N–H and O–H groups in total. The fourth-order valence-electron chi connectivity index (χ4n) is 10.2. The smallest absolute Gasteiger partial charge is 0.462 e. The van der Waals surface area contributed by atoms with Gasteiger partial charge in [0.15, 0.2) is 12.2 Å². The Kier molecular flexibility index (Phi) is 71.0. The summed E-state index contributed by atoms with van der Waals surface area (Å²) in [5, 5.41) is 10.6. The lowest BCUT2D eigenvalue weighted by Crippen LogP contribution is -2.30. The molecule has 0 rings (SSSR count). The predicted molar refractivity (Wildman–Crippen MR) is 418 cm³/mol. The van der Waals surface area contributed by atoms with Gasteiger partial charge in [0.2, 0.25) is 0 Å². The van der Waals surface area contributed by atoms with Crippen LogP contribution in [0.4, 0.5) is 0 Å². The van der Waals surface area contributed by atoms with Crippen LogP contribution < -0.4 is 0 Å². The molecule has 0 aromatic carbocycles. The van der Waals surface area contributed by atoms with Crippen LogP contribution in [0.2, 0.25) is 0 Å². The minimum atomic E-state index is -4.99. The highest BCUT2D eigenvalue weighted by Crippen LogP contribution is 2.45. The molecule has 17 nitrogen and oxygen atoms in total. The number of rotatable bonds is 73. The summed E-state index contributed by atoms with van der Waals surface area (Å²) in [5.41, 5.74) is 0. The topological polar surface area (TPSA) is 237 Å². The summed E-state index contributed by atoms with van der Waals surface area (Å²) >= 11 is 0. The molecule has 0 aromatic heterocycles. The van der Waals surface area contributed by atoms with Gasteiger partial charge in [-0.3, -0.25) is 37.3 Å². The number of unbranched alkanes of at least 4 members (excludes halogenated alkanes) is 25. The largest absolute Gasteiger partial charge is 0.472 e. The third-order valence-electron chi connectivity index (χ3n) is 16.1. The number of aliphatic hydroxyl groups is 1. The highest BCUT2D eigenvalue weighted by molar-refractivity contribution is 7.47. The molecule has 5 atom stereocenters. The summed E-state index contributed by atoms with van der Waals surface area (Å²) in [5.74, 6) is -2.23. The molecule has 102 heavy (non-hydrogen) atoms. The average Bonchev–Trinajstić information content (AvgIpc) is 0.921. The van der Waals surface area contributed by atoms with Gasteiger partial charge in [0.05, 0.1) is 26.4 Å². The van der Waals surface area contributed by atoms with E-state index in [-0.39, 0.29) is 25.7 Å². The molecule has 0 aromatic rings. The second-order valence-corrected chi connectivity index (χ2v) is 28.8. The van der Waals surface area contributed by atoms with Gasteiger partial charge < -0.3 is 33.8 Å². The summed E-state index contributed by atoms with van der Waals surface area (Å²) in [7, 11) is -9.97. The summed E-state index contributed by atoms with van der Waals surface area (Å²) in [6.45, 7) is 4.48. The molecular formula is C83H140O17P2. The van der Waals surface area contributed by atoms with Crippen molar-refractivity contribution in [2.75, 3.05) is 39.6 Å². The maximum atomic E-state index is 13.1. The number of allylic oxidation sites excluding steroid dienone is 22. The van der Waals surface area contributed by atoms with E-state index in [2.05, 4.69) is 161 Å². The van der Waals surface area contributed by atoms with Gasteiger partial charge in [0.25, 0.3) is 0 Å². The Balaban J connectivity index is 5.38. The Bertz CT molecular complexity index is 2460. The van der Waals surface area contributed by atoms with E-state index in [1.807, 2.05) is 0 Å². The van der Waals surface area contributed by atoms with Crippen LogP contribution in [0.15, 0.2) is 134 Å². The molecule has 0 radical (unpaired) electrons. The van der Waals surface area contributed by atoms with Crippen LogP contribution in [-0.2, 0) is 65.4 Å². The van der Waals surface area contributed by atoms with E-state index in [0.717, 1.165) is 193 Å². The minimum Gasteiger partial charge on any atom is -0.462 e. The number of phosphoric acid groups is 2. The molecule has 19 heteroatoms. The van der Waals surface area contributed by atoms with Crippen molar-refractivity contribution in [3.8, 4) is 0 Å². The van der Waals surface area contributed by atoms with Gasteiger partial charge in [-0.2, -0.15) is 0 Å². The standard InChI is InChI=1S/C83H140O17P2/c1-5-9-13-17-21-25-29-32-35-37-38-40-42-45-49-52-56-60-64-68-81(86)94-74-79(100-83(88)70-66-62-58-54-50-46-43-39-36-33-30-26-22-18-14-10-6-2)76-98-102(91,92)96-72-77(84)71-95-101(89,90)97-75-78(99-82(87)69-65-61-57-53-47-28-24-20-16-12-8-4)73-93-80(85)67-63-59-55-51-48-44-41-34-31-27-23-19-15-11-7-3/h9-11,13-15,21-23,25-27,32-36,38,40-41,43,46,77-79,84H,5-8,12,16-20,24,28-31,37,39,42,44-45,47-76H2,1-4H3,(H,89,90)(H,91,92)/b13-9-,14-10-,15-11-,25-21-,26-22-,27-23-,35-32-,36-33-,40-38-,41-34-,46-43-. The number of aliphatic hydroxyl groups excluding tert-OH is 1. The van der Waals surface area contributed by atoms with Gasteiger partial charge in [-0.25, -0.2) is 9.13 Å². The van der Waals surface area contributed by atoms with Crippen molar-refractivity contribution in [3.05, 3.63) is 134 Å². The molecular weight excluding hydrogens is 1330 g/mol. The lowest BCUT2D eigenvalue weighted by Gasteiger charge is -2.21. The van der Waals surface area contributed by atoms with Gasteiger partial charge in [-0.05, 0) is 135 Å². The van der Waals surface area contributed by atoms with Crippen LogP contribution in [0.5, 0.6) is 0 Å². The van der Waals surface area contributed by atoms with Crippen LogP contribution in [0, 0.1) is 0 Å². The molecule has 0 aliphatic carbocycles. The zero-order chi connectivity index (χ0) is 74.6. The number of ether oxygens (including phenoxy) is 4. The Morgan fingerprint density at radius 2 is 0.510 bits per heavy atom. The van der Waals surface area contributed by atoms with Crippen molar-refractivity contribution in [3.63, 3.8) is 0 Å². The molecule has 0 aliphatic rings. The van der Waals surface area contributed by atoms with E-state index in [4.69, 9.17) is 37.0 Å². The quantitative estimate of drug-likeness (QED) is 0.0169. The average molecular weight is 1470 g/mol. The highest BCUT2D eigenvalue weighted by atomic mass is 31.2. The van der Waals surface area contributed by atoms with Gasteiger partial charge in [-0.1, -0.05) is 283 Å². The number of carbonyl (C=O) groups is 4. The van der Waals surface area contributed by atoms with Crippen molar-refractivity contribution in [2.24, 2.45) is 0 Å². The van der Waals surface area contributed by atoms with Gasteiger partial charge in [-0.15, -0.1) is 0 Å². The normalized spacial score (nSPS) is 14.6. The number of hydrogen-bond acceptors (Lipinski definition) is 15. The summed E-state index contributed by atoms with van der Waals surface area (Å²) in [4.78, 5) is 73.0. The first-order chi connectivity index (χ1) is 49.7. The Labute approximate surface area is 618 Å². The van der Waals surface area contributed by atoms with Crippen LogP contribution in [0.1, 0.15) is 310 Å². The molecule has 0 saturated heterocycles. The predicted octanol–water partition coefficient (Wildman–Crippen LogP) is 22.9. The lowest BCUT2D eigenvalue weighted by molar-refractivity contribution is -0.161. The number of phosphoric ester groups is 2. The maximum Gasteiger partial charge on any atom is 0.472 e. The van der Waals surface area contributed by atoms with E-state index < -0.39 is 97.5 Å². The lowest BCUT2D eigenvalue weighted by atomic mass is 10.1. The summed E-state index contributed by atoms with van der Waals surface area (Å²) < 4.78 is 68.5. The van der Waals surface area contributed by atoms with Crippen LogP contribution >= 0.6 is 15.6 Å². The molecule has 0 heterocycles. The monoisotopic (exact) mass is 1470 g/mol. The molecule has 0 bridgehead atoms. The van der Waals surface area contributed by atoms with E-state index in [1.54, 1.807) is 0 Å². The van der Waals surface area contributed by atoms with Crippen molar-refractivity contribution in [1.29, 1.82) is 0 Å². The first kappa shape index (κ1) is 97.2. The van der Waals surface area contributed by atoms with Crippen LogP contribution in [0.3, 0.4) is 0 Å². The summed E-state index contributed by atoms with van der Waals surface area (Å²) in [6, 6.07) is 0. The Hall–Kier alpha value is -4.80. The van der Waals surface area contributed by atoms with Gasteiger partial charge in [0.1, 0.15) is 19.3 Å². The SMILES string of the molecule is CC/C=C\C/C=C\C/C=C\C/C=C\CCCCCCCCC(=O)OCC(COP(=O)(O)OCC(O)COP(=O)(O)OCC(COC(=O)CCCCCCC/C=C\C/C=C\C/C=C\CC)OC(=O)CCCCCCCCCCCCC)OC(=O)CCCCCC/C=C\C/C=C\C/C=C\C/C=C\CC. The number of hydrogen-bond donors (Lipinski definition) is 3. The second-order valence-electron chi connectivity index (χ2n) is 25.9. The second kappa shape index (κ2) is 74.5. The van der Waals surface area contributed by atoms with E-state index in [9.17, 15) is 43.2 Å². The maximum absolute atomic E-state index is 13.1. The zero-order valence-corrected chi connectivity index (χ0v) is 65.5. The molecule has 0 saturated carbocycles. The van der Waals surface area contributed by atoms with E-state index >= 15 is 0 Å². The fourth-order valence-corrected chi connectivity index (χ4v) is 11.8. The highest BCUT2D eigenvalue weighted by Gasteiger charge is 2.30. The molecule has 0 spiro atoms. The van der Waals surface area contributed by atoms with Crippen LogP contribution in [0.25, 0.3) is 0 Å². The molecule has 0 amide bonds. The van der Waals surface area contributed by atoms with Crippen molar-refractivity contribution in [2.45, 2.75) is 329 Å². The first-order valence-corrected chi connectivity index (χ1v) is 42.4.